The molecule has 2 aliphatic heterocycles. The predicted octanol–water partition coefficient (Wildman–Crippen LogP) is 1.95. The summed E-state index contributed by atoms with van der Waals surface area (Å²) in [5, 5.41) is 1.68. The maximum atomic E-state index is 12.6. The number of likely N-dealkylation sites (tertiary alicyclic amines) is 1. The van der Waals surface area contributed by atoms with E-state index in [4.69, 9.17) is 0 Å². The van der Waals surface area contributed by atoms with Gasteiger partial charge in [0.15, 0.2) is 0 Å². The molecule has 0 atom stereocenters. The molecule has 1 aromatic rings. The Balaban J connectivity index is 1.42. The predicted molar refractivity (Wildman–Crippen MR) is 92.4 cm³/mol. The average molecular weight is 370 g/mol. The van der Waals surface area contributed by atoms with Crippen LogP contribution in [0, 0.1) is 5.41 Å². The lowest BCUT2D eigenvalue weighted by Crippen LogP contribution is -2.52. The number of aromatic nitrogens is 1. The van der Waals surface area contributed by atoms with Gasteiger partial charge < -0.3 is 4.90 Å². The molecular formula is C16H23N3O3S2. The molecular weight excluding hydrogens is 346 g/mol. The zero-order valence-corrected chi connectivity index (χ0v) is 15.3. The first kappa shape index (κ1) is 16.5. The fourth-order valence-electron chi connectivity index (χ4n) is 4.06. The lowest BCUT2D eigenvalue weighted by atomic mass is 9.73. The van der Waals surface area contributed by atoms with E-state index in [9.17, 15) is 13.2 Å². The average Bonchev–Trinajstić information content (AvgIpc) is 3.31. The van der Waals surface area contributed by atoms with Gasteiger partial charge in [-0.05, 0) is 43.9 Å². The van der Waals surface area contributed by atoms with Crippen molar-refractivity contribution < 1.29 is 13.2 Å². The molecule has 1 aliphatic carbocycles. The van der Waals surface area contributed by atoms with Gasteiger partial charge in [-0.1, -0.05) is 0 Å². The molecule has 4 rings (SSSR count). The third kappa shape index (κ3) is 2.99. The Hall–Kier alpha value is -0.990. The standard InChI is InChI=1S/C16H23N3O3S2/c20-15(14-10-23-12-17-14)18-7-1-4-16(11-18)5-8-19(9-6-16)24(21,22)13-2-3-13/h10,12-13H,1-9,11H2. The molecule has 0 N–H and O–H groups in total. The number of carbonyl (C=O) groups is 1. The molecule has 0 bridgehead atoms. The highest BCUT2D eigenvalue weighted by Crippen LogP contribution is 2.42. The Morgan fingerprint density at radius 2 is 1.96 bits per heavy atom. The number of rotatable bonds is 3. The first-order chi connectivity index (χ1) is 11.5. The van der Waals surface area contributed by atoms with Gasteiger partial charge in [-0.2, -0.15) is 0 Å². The van der Waals surface area contributed by atoms with Crippen molar-refractivity contribution >= 4 is 27.3 Å². The minimum absolute atomic E-state index is 0.0170. The van der Waals surface area contributed by atoms with E-state index in [0.717, 1.165) is 51.6 Å². The van der Waals surface area contributed by atoms with E-state index in [-0.39, 0.29) is 16.6 Å². The van der Waals surface area contributed by atoms with Gasteiger partial charge in [0.2, 0.25) is 10.0 Å². The smallest absolute Gasteiger partial charge is 0.273 e. The fourth-order valence-corrected chi connectivity index (χ4v) is 6.43. The summed E-state index contributed by atoms with van der Waals surface area (Å²) in [6.45, 7) is 2.73. The molecule has 1 aromatic heterocycles. The van der Waals surface area contributed by atoms with Crippen LogP contribution in [0.5, 0.6) is 0 Å². The summed E-state index contributed by atoms with van der Waals surface area (Å²) in [5.41, 5.74) is 2.30. The van der Waals surface area contributed by atoms with Gasteiger partial charge in [-0.15, -0.1) is 11.3 Å². The van der Waals surface area contributed by atoms with Crippen LogP contribution in [-0.4, -0.2) is 59.9 Å². The maximum Gasteiger partial charge on any atom is 0.273 e. The van der Waals surface area contributed by atoms with Crippen molar-refractivity contribution in [1.82, 2.24) is 14.2 Å². The molecule has 8 heteroatoms. The van der Waals surface area contributed by atoms with Gasteiger partial charge in [-0.25, -0.2) is 17.7 Å². The van der Waals surface area contributed by atoms with E-state index in [2.05, 4.69) is 4.98 Å². The molecule has 24 heavy (non-hydrogen) atoms. The summed E-state index contributed by atoms with van der Waals surface area (Å²) in [6.07, 6.45) is 5.44. The molecule has 3 heterocycles. The fraction of sp³-hybridized carbons (Fsp3) is 0.750. The zero-order chi connectivity index (χ0) is 16.8. The van der Waals surface area contributed by atoms with Crippen LogP contribution in [0.3, 0.4) is 0 Å². The van der Waals surface area contributed by atoms with Crippen LogP contribution in [0.15, 0.2) is 10.9 Å². The summed E-state index contributed by atoms with van der Waals surface area (Å²) < 4.78 is 26.5. The van der Waals surface area contributed by atoms with Crippen LogP contribution in [0.1, 0.15) is 49.0 Å². The number of amides is 1. The van der Waals surface area contributed by atoms with Crippen molar-refractivity contribution in [2.24, 2.45) is 5.41 Å². The molecule has 1 amide bonds. The molecule has 1 spiro atoms. The number of nitrogens with zero attached hydrogens (tertiary/aromatic N) is 3. The second kappa shape index (κ2) is 6.07. The number of hydrogen-bond donors (Lipinski definition) is 0. The molecule has 2 saturated heterocycles. The molecule has 3 fully saturated rings. The van der Waals surface area contributed by atoms with E-state index in [1.807, 2.05) is 4.90 Å². The van der Waals surface area contributed by atoms with Gasteiger partial charge >= 0.3 is 0 Å². The number of carbonyl (C=O) groups excluding carboxylic acids is 1. The first-order valence-corrected chi connectivity index (χ1v) is 11.1. The number of thiazole rings is 1. The van der Waals surface area contributed by atoms with Crippen LogP contribution in [0.25, 0.3) is 0 Å². The summed E-state index contributed by atoms with van der Waals surface area (Å²) in [5.74, 6) is 0.0170. The third-order valence-corrected chi connectivity index (χ3v) is 8.67. The van der Waals surface area contributed by atoms with E-state index >= 15 is 0 Å². The third-order valence-electron chi connectivity index (χ3n) is 5.69. The monoisotopic (exact) mass is 369 g/mol. The van der Waals surface area contributed by atoms with Crippen LogP contribution in [-0.2, 0) is 10.0 Å². The van der Waals surface area contributed by atoms with E-state index in [1.54, 1.807) is 15.2 Å². The van der Waals surface area contributed by atoms with Crippen molar-refractivity contribution in [2.75, 3.05) is 26.2 Å². The molecule has 3 aliphatic rings. The van der Waals surface area contributed by atoms with E-state index < -0.39 is 10.0 Å². The second-order valence-electron chi connectivity index (χ2n) is 7.35. The highest BCUT2D eigenvalue weighted by atomic mass is 32.2. The first-order valence-electron chi connectivity index (χ1n) is 8.67. The summed E-state index contributed by atoms with van der Waals surface area (Å²) in [7, 11) is -3.07. The van der Waals surface area contributed by atoms with E-state index in [0.29, 0.717) is 18.8 Å². The Morgan fingerprint density at radius 1 is 1.21 bits per heavy atom. The Bertz CT molecular complexity index is 705. The minimum Gasteiger partial charge on any atom is -0.337 e. The van der Waals surface area contributed by atoms with Gasteiger partial charge in [0, 0.05) is 31.6 Å². The minimum atomic E-state index is -3.07. The summed E-state index contributed by atoms with van der Waals surface area (Å²) in [6, 6.07) is 0. The molecule has 132 valence electrons. The highest BCUT2D eigenvalue weighted by Gasteiger charge is 2.45. The largest absolute Gasteiger partial charge is 0.337 e. The highest BCUT2D eigenvalue weighted by molar-refractivity contribution is 7.90. The van der Waals surface area contributed by atoms with Gasteiger partial charge in [0.25, 0.3) is 5.91 Å². The number of sulfonamides is 1. The van der Waals surface area contributed by atoms with E-state index in [1.165, 1.54) is 11.3 Å². The van der Waals surface area contributed by atoms with Crippen molar-refractivity contribution in [2.45, 2.75) is 43.8 Å². The molecule has 0 unspecified atom stereocenters. The van der Waals surface area contributed by atoms with Gasteiger partial charge in [0.05, 0.1) is 10.8 Å². The van der Waals surface area contributed by atoms with Crippen molar-refractivity contribution in [3.63, 3.8) is 0 Å². The Kier molecular flexibility index (Phi) is 4.17. The number of piperidine rings is 2. The Labute approximate surface area is 146 Å². The molecule has 0 aromatic carbocycles. The SMILES string of the molecule is O=C(c1cscn1)N1CCCC2(CCN(S(=O)(=O)C3CC3)CC2)C1. The maximum absolute atomic E-state index is 12.6. The van der Waals surface area contributed by atoms with Gasteiger partial charge in [0.1, 0.15) is 5.69 Å². The van der Waals surface area contributed by atoms with Crippen molar-refractivity contribution in [1.29, 1.82) is 0 Å². The van der Waals surface area contributed by atoms with Crippen molar-refractivity contribution in [3.05, 3.63) is 16.6 Å². The Morgan fingerprint density at radius 3 is 2.58 bits per heavy atom. The van der Waals surface area contributed by atoms with Crippen LogP contribution in [0.4, 0.5) is 0 Å². The zero-order valence-electron chi connectivity index (χ0n) is 13.7. The normalized spacial score (nSPS) is 25.1. The van der Waals surface area contributed by atoms with Gasteiger partial charge in [-0.3, -0.25) is 4.79 Å². The summed E-state index contributed by atoms with van der Waals surface area (Å²) >= 11 is 1.44. The lowest BCUT2D eigenvalue weighted by molar-refractivity contribution is 0.0328. The molecule has 1 saturated carbocycles. The molecule has 0 radical (unpaired) electrons. The quantitative estimate of drug-likeness (QED) is 0.816. The molecule has 6 nitrogen and oxygen atoms in total. The summed E-state index contributed by atoms with van der Waals surface area (Å²) in [4.78, 5) is 18.6. The topological polar surface area (TPSA) is 70.6 Å². The number of hydrogen-bond acceptors (Lipinski definition) is 5. The van der Waals surface area contributed by atoms with Crippen molar-refractivity contribution in [3.8, 4) is 0 Å². The van der Waals surface area contributed by atoms with Crippen LogP contribution < -0.4 is 0 Å². The van der Waals surface area contributed by atoms with Crippen LogP contribution >= 0.6 is 11.3 Å². The van der Waals surface area contributed by atoms with Crippen LogP contribution in [0.2, 0.25) is 0 Å². The lowest BCUT2D eigenvalue weighted by Gasteiger charge is -2.47. The second-order valence-corrected chi connectivity index (χ2v) is 10.3.